The minimum atomic E-state index is -0.740. The molecule has 1 saturated carbocycles. The maximum Gasteiger partial charge on any atom is 0.312 e. The number of hydrogen-bond donors (Lipinski definition) is 1. The zero-order valence-electron chi connectivity index (χ0n) is 8.73. The van der Waals surface area contributed by atoms with Crippen LogP contribution in [0.3, 0.4) is 0 Å². The molecule has 0 spiro atoms. The molecule has 92 valence electrons. The quantitative estimate of drug-likeness (QED) is 0.668. The second-order valence-electron chi connectivity index (χ2n) is 3.96. The van der Waals surface area contributed by atoms with E-state index in [4.69, 9.17) is 22.1 Å². The molecule has 0 saturated heterocycles. The van der Waals surface area contributed by atoms with Gasteiger partial charge in [0, 0.05) is 18.2 Å². The Bertz CT molecular complexity index is 463. The summed E-state index contributed by atoms with van der Waals surface area (Å²) in [5.41, 5.74) is 5.23. The first kappa shape index (κ1) is 12.1. The molecule has 5 nitrogen and oxygen atoms in total. The number of halogens is 2. The van der Waals surface area contributed by atoms with Crippen LogP contribution in [0.2, 0.25) is 5.02 Å². The van der Waals surface area contributed by atoms with E-state index in [0.29, 0.717) is 12.8 Å². The molecule has 1 fully saturated rings. The van der Waals surface area contributed by atoms with E-state index in [0.717, 1.165) is 12.1 Å². The highest BCUT2D eigenvalue weighted by Crippen LogP contribution is 2.35. The molecule has 0 bridgehead atoms. The fourth-order valence-electron chi connectivity index (χ4n) is 1.64. The number of benzene rings is 1. The van der Waals surface area contributed by atoms with Gasteiger partial charge in [0.25, 0.3) is 0 Å². The van der Waals surface area contributed by atoms with Gasteiger partial charge in [0.2, 0.25) is 0 Å². The van der Waals surface area contributed by atoms with Crippen LogP contribution in [0.4, 0.5) is 10.1 Å². The van der Waals surface area contributed by atoms with Crippen molar-refractivity contribution in [1.29, 1.82) is 0 Å². The molecule has 1 aromatic rings. The zero-order chi connectivity index (χ0) is 12.6. The summed E-state index contributed by atoms with van der Waals surface area (Å²) in [6, 6.07) is 1.94. The van der Waals surface area contributed by atoms with Crippen LogP contribution < -0.4 is 10.5 Å². The van der Waals surface area contributed by atoms with Crippen molar-refractivity contribution in [2.45, 2.75) is 25.0 Å². The molecule has 0 atom stereocenters. The van der Waals surface area contributed by atoms with Gasteiger partial charge < -0.3 is 10.5 Å². The number of rotatable bonds is 3. The summed E-state index contributed by atoms with van der Waals surface area (Å²) in [7, 11) is 0. The van der Waals surface area contributed by atoms with Gasteiger partial charge in [-0.05, 0) is 12.8 Å². The van der Waals surface area contributed by atoms with Gasteiger partial charge in [0.1, 0.15) is 11.9 Å². The molecule has 0 heterocycles. The van der Waals surface area contributed by atoms with Crippen LogP contribution in [0.5, 0.6) is 5.75 Å². The summed E-state index contributed by atoms with van der Waals surface area (Å²) in [6.07, 6.45) is 1.03. The SMILES string of the molecule is NC1CC(Oc2cc(F)c(Cl)cc2[N+](=O)[O-])C1. The lowest BCUT2D eigenvalue weighted by Gasteiger charge is -2.32. The number of nitro groups is 1. The maximum absolute atomic E-state index is 13.2. The number of nitro benzene ring substituents is 1. The summed E-state index contributed by atoms with van der Waals surface area (Å²) in [5, 5.41) is 10.5. The minimum Gasteiger partial charge on any atom is -0.483 e. The molecule has 2 N–H and O–H groups in total. The van der Waals surface area contributed by atoms with E-state index < -0.39 is 10.7 Å². The molecule has 1 aliphatic rings. The topological polar surface area (TPSA) is 78.4 Å². The predicted octanol–water partition coefficient (Wildman–Crippen LogP) is 2.26. The van der Waals surface area contributed by atoms with Crippen molar-refractivity contribution in [3.05, 3.63) is 33.1 Å². The first-order valence-corrected chi connectivity index (χ1v) is 5.41. The summed E-state index contributed by atoms with van der Waals surface area (Å²) in [6.45, 7) is 0. The van der Waals surface area contributed by atoms with Crippen LogP contribution in [-0.4, -0.2) is 17.1 Å². The molecule has 7 heteroatoms. The first-order chi connectivity index (χ1) is 7.97. The fraction of sp³-hybridized carbons (Fsp3) is 0.400. The van der Waals surface area contributed by atoms with Crippen molar-refractivity contribution >= 4 is 17.3 Å². The molecular formula is C10H10ClFN2O3. The summed E-state index contributed by atoms with van der Waals surface area (Å²) < 4.78 is 18.5. The predicted molar refractivity (Wildman–Crippen MR) is 59.7 cm³/mol. The standard InChI is InChI=1S/C10H10ClFN2O3/c11-7-3-9(14(15)16)10(4-8(7)12)17-6-1-5(13)2-6/h3-6H,1-2,13H2. The minimum absolute atomic E-state index is 0.0520. The van der Waals surface area contributed by atoms with Crippen LogP contribution in [0.1, 0.15) is 12.8 Å². The molecule has 0 aliphatic heterocycles. The summed E-state index contributed by atoms with van der Waals surface area (Å²) in [4.78, 5) is 10.1. The van der Waals surface area contributed by atoms with Gasteiger partial charge in [-0.2, -0.15) is 0 Å². The number of nitrogens with zero attached hydrogens (tertiary/aromatic N) is 1. The monoisotopic (exact) mass is 260 g/mol. The van der Waals surface area contributed by atoms with Gasteiger partial charge in [0.15, 0.2) is 5.75 Å². The number of nitrogens with two attached hydrogens (primary N) is 1. The summed E-state index contributed by atoms with van der Waals surface area (Å²) in [5.74, 6) is -0.843. The van der Waals surface area contributed by atoms with E-state index in [2.05, 4.69) is 0 Å². The van der Waals surface area contributed by atoms with E-state index in [9.17, 15) is 14.5 Å². The third-order valence-corrected chi connectivity index (χ3v) is 2.91. The molecular weight excluding hydrogens is 251 g/mol. The van der Waals surface area contributed by atoms with Gasteiger partial charge in [-0.3, -0.25) is 10.1 Å². The highest BCUT2D eigenvalue weighted by molar-refractivity contribution is 6.31. The fourth-order valence-corrected chi connectivity index (χ4v) is 1.80. The Morgan fingerprint density at radius 3 is 2.71 bits per heavy atom. The second-order valence-corrected chi connectivity index (χ2v) is 4.37. The number of ether oxygens (including phenoxy) is 1. The van der Waals surface area contributed by atoms with Crippen LogP contribution in [0, 0.1) is 15.9 Å². The Kier molecular flexibility index (Phi) is 3.17. The van der Waals surface area contributed by atoms with E-state index >= 15 is 0 Å². The normalized spacial score (nSPS) is 23.0. The highest BCUT2D eigenvalue weighted by Gasteiger charge is 2.30. The van der Waals surface area contributed by atoms with Gasteiger partial charge in [-0.25, -0.2) is 4.39 Å². The number of hydrogen-bond acceptors (Lipinski definition) is 4. The van der Waals surface area contributed by atoms with Crippen LogP contribution >= 0.6 is 11.6 Å². The van der Waals surface area contributed by atoms with Crippen molar-refractivity contribution < 1.29 is 14.1 Å². The van der Waals surface area contributed by atoms with Crippen LogP contribution in [0.25, 0.3) is 0 Å². The molecule has 1 aliphatic carbocycles. The van der Waals surface area contributed by atoms with E-state index in [-0.39, 0.29) is 28.6 Å². The first-order valence-electron chi connectivity index (χ1n) is 5.03. The van der Waals surface area contributed by atoms with Crippen molar-refractivity contribution in [2.24, 2.45) is 5.73 Å². The van der Waals surface area contributed by atoms with E-state index in [1.807, 2.05) is 0 Å². The van der Waals surface area contributed by atoms with Gasteiger partial charge in [0.05, 0.1) is 9.95 Å². The molecule has 0 aromatic heterocycles. The largest absolute Gasteiger partial charge is 0.483 e. The van der Waals surface area contributed by atoms with E-state index in [1.165, 1.54) is 0 Å². The highest BCUT2D eigenvalue weighted by atomic mass is 35.5. The lowest BCUT2D eigenvalue weighted by atomic mass is 9.90. The smallest absolute Gasteiger partial charge is 0.312 e. The van der Waals surface area contributed by atoms with Crippen molar-refractivity contribution in [2.75, 3.05) is 0 Å². The molecule has 0 radical (unpaired) electrons. The Morgan fingerprint density at radius 1 is 1.53 bits per heavy atom. The average molecular weight is 261 g/mol. The van der Waals surface area contributed by atoms with Crippen LogP contribution in [0.15, 0.2) is 12.1 Å². The van der Waals surface area contributed by atoms with Crippen LogP contribution in [-0.2, 0) is 0 Å². The zero-order valence-corrected chi connectivity index (χ0v) is 9.48. The van der Waals surface area contributed by atoms with Gasteiger partial charge in [-0.1, -0.05) is 11.6 Å². The lowest BCUT2D eigenvalue weighted by molar-refractivity contribution is -0.386. The molecule has 0 unspecified atom stereocenters. The van der Waals surface area contributed by atoms with Gasteiger partial charge >= 0.3 is 5.69 Å². The molecule has 2 rings (SSSR count). The molecule has 17 heavy (non-hydrogen) atoms. The summed E-state index contributed by atoms with van der Waals surface area (Å²) >= 11 is 5.48. The average Bonchev–Trinajstić information content (AvgIpc) is 2.20. The molecule has 1 aromatic carbocycles. The third-order valence-electron chi connectivity index (χ3n) is 2.62. The molecule has 0 amide bonds. The van der Waals surface area contributed by atoms with Crippen molar-refractivity contribution in [3.8, 4) is 5.75 Å². The van der Waals surface area contributed by atoms with Gasteiger partial charge in [-0.15, -0.1) is 0 Å². The third kappa shape index (κ3) is 2.48. The second kappa shape index (κ2) is 4.46. The maximum atomic E-state index is 13.2. The lowest BCUT2D eigenvalue weighted by Crippen LogP contribution is -2.43. The van der Waals surface area contributed by atoms with Crippen molar-refractivity contribution in [1.82, 2.24) is 0 Å². The Labute approximate surface area is 101 Å². The van der Waals surface area contributed by atoms with Crippen molar-refractivity contribution in [3.63, 3.8) is 0 Å². The Morgan fingerprint density at radius 2 is 2.18 bits per heavy atom. The Balaban J connectivity index is 2.25. The Hall–Kier alpha value is -1.40. The van der Waals surface area contributed by atoms with E-state index in [1.54, 1.807) is 0 Å².